The Balaban J connectivity index is 1.22. The Morgan fingerprint density at radius 2 is 1.75 bits per heavy atom. The van der Waals surface area contributed by atoms with Crippen LogP contribution in [-0.4, -0.2) is 65.8 Å². The van der Waals surface area contributed by atoms with Crippen LogP contribution in [0.25, 0.3) is 11.1 Å². The summed E-state index contributed by atoms with van der Waals surface area (Å²) in [6, 6.07) is 12.9. The van der Waals surface area contributed by atoms with Crippen molar-refractivity contribution in [2.24, 2.45) is 5.92 Å². The molecule has 1 saturated carbocycles. The Hall–Kier alpha value is -2.64. The molecule has 2 aromatic rings. The maximum atomic E-state index is 13.8. The Labute approximate surface area is 213 Å². The van der Waals surface area contributed by atoms with E-state index in [9.17, 15) is 9.59 Å². The maximum absolute atomic E-state index is 13.8. The highest BCUT2D eigenvalue weighted by Gasteiger charge is 2.37. The number of hydrogen-bond acceptors (Lipinski definition) is 4. The molecule has 0 radical (unpaired) electrons. The molecule has 192 valence electrons. The predicted molar refractivity (Wildman–Crippen MR) is 140 cm³/mol. The van der Waals surface area contributed by atoms with Gasteiger partial charge in [0.15, 0.2) is 0 Å². The van der Waals surface area contributed by atoms with Gasteiger partial charge in [-0.1, -0.05) is 43.5 Å². The topological polar surface area (TPSA) is 66.8 Å². The molecular weight excluding hydrogens is 452 g/mol. The third-order valence-electron chi connectivity index (χ3n) is 8.63. The number of carbonyl (C=O) groups excluding carboxylic acids is 1. The van der Waals surface area contributed by atoms with Crippen LogP contribution in [0.3, 0.4) is 0 Å². The minimum Gasteiger partial charge on any atom is -0.379 e. The molecule has 2 atom stereocenters. The van der Waals surface area contributed by atoms with Crippen molar-refractivity contribution in [3.63, 3.8) is 0 Å². The number of morpholine rings is 1. The largest absolute Gasteiger partial charge is 0.379 e. The number of carbonyl (C=O) groups is 1. The standard InChI is InChI=1S/C29H38N4O3/c34-28-26(25-9-5-4-6-22(25)19-31-12-14-36-15-13-31)10-11-27-23-16-21(18-33(27)28)17-32(20-23)29(35)30-24-7-2-1-3-8-24/h4-6,9-11,21,23-24H,1-3,7-8,12-20H2,(H,30,35)/t21-,23+/m0/s1. The second-order valence-corrected chi connectivity index (χ2v) is 11.1. The fraction of sp³-hybridized carbons (Fsp3) is 0.586. The molecule has 3 fully saturated rings. The van der Waals surface area contributed by atoms with E-state index in [0.717, 1.165) is 75.5 Å². The number of nitrogens with one attached hydrogen (secondary N) is 1. The third kappa shape index (κ3) is 4.83. The molecule has 2 saturated heterocycles. The number of benzene rings is 1. The van der Waals surface area contributed by atoms with Crippen molar-refractivity contribution < 1.29 is 9.53 Å². The minimum atomic E-state index is 0.0843. The molecule has 2 bridgehead atoms. The summed E-state index contributed by atoms with van der Waals surface area (Å²) in [6.45, 7) is 6.33. The summed E-state index contributed by atoms with van der Waals surface area (Å²) < 4.78 is 7.52. The van der Waals surface area contributed by atoms with Crippen molar-refractivity contribution in [3.8, 4) is 11.1 Å². The van der Waals surface area contributed by atoms with E-state index in [1.807, 2.05) is 21.6 Å². The molecule has 4 aliphatic rings. The average Bonchev–Trinajstić information content (AvgIpc) is 2.91. The number of ether oxygens (including phenoxy) is 1. The molecule has 7 nitrogen and oxygen atoms in total. The number of pyridine rings is 1. The average molecular weight is 491 g/mol. The molecule has 36 heavy (non-hydrogen) atoms. The summed E-state index contributed by atoms with van der Waals surface area (Å²) in [5.74, 6) is 0.546. The molecule has 1 N–H and O–H groups in total. The van der Waals surface area contributed by atoms with Crippen LogP contribution in [0.2, 0.25) is 0 Å². The minimum absolute atomic E-state index is 0.0843. The van der Waals surface area contributed by atoms with Crippen molar-refractivity contribution in [2.45, 2.75) is 63.6 Å². The summed E-state index contributed by atoms with van der Waals surface area (Å²) in [7, 11) is 0. The van der Waals surface area contributed by atoms with Crippen LogP contribution >= 0.6 is 0 Å². The Morgan fingerprint density at radius 3 is 2.58 bits per heavy atom. The molecule has 1 aromatic carbocycles. The second-order valence-electron chi connectivity index (χ2n) is 11.1. The van der Waals surface area contributed by atoms with Crippen LogP contribution in [0, 0.1) is 5.92 Å². The quantitative estimate of drug-likeness (QED) is 0.708. The van der Waals surface area contributed by atoms with Crippen LogP contribution in [0.5, 0.6) is 0 Å². The lowest BCUT2D eigenvalue weighted by Gasteiger charge is -2.43. The van der Waals surface area contributed by atoms with E-state index in [-0.39, 0.29) is 17.5 Å². The number of aromatic nitrogens is 1. The first-order valence-electron chi connectivity index (χ1n) is 13.8. The number of amides is 2. The number of fused-ring (bicyclic) bond motifs is 4. The molecule has 3 aliphatic heterocycles. The Kier molecular flexibility index (Phi) is 6.85. The first-order chi connectivity index (χ1) is 17.7. The summed E-state index contributed by atoms with van der Waals surface area (Å²) >= 11 is 0. The molecule has 6 rings (SSSR count). The van der Waals surface area contributed by atoms with Gasteiger partial charge in [-0.05, 0) is 48.4 Å². The van der Waals surface area contributed by atoms with Gasteiger partial charge in [-0.3, -0.25) is 9.69 Å². The Morgan fingerprint density at radius 1 is 0.944 bits per heavy atom. The highest BCUT2D eigenvalue weighted by atomic mass is 16.5. The van der Waals surface area contributed by atoms with E-state index in [1.165, 1.54) is 24.8 Å². The predicted octanol–water partition coefficient (Wildman–Crippen LogP) is 3.81. The molecule has 0 unspecified atom stereocenters. The van der Waals surface area contributed by atoms with Gasteiger partial charge in [-0.2, -0.15) is 0 Å². The SMILES string of the molecule is O=C(NC1CCCCC1)N1C[C@@H]2C[C@H](C1)c1ccc(-c3ccccc3CN3CCOCC3)c(=O)n1C2. The van der Waals surface area contributed by atoms with Crippen molar-refractivity contribution in [2.75, 3.05) is 39.4 Å². The highest BCUT2D eigenvalue weighted by molar-refractivity contribution is 5.75. The van der Waals surface area contributed by atoms with E-state index in [1.54, 1.807) is 0 Å². The number of likely N-dealkylation sites (tertiary alicyclic amines) is 1. The van der Waals surface area contributed by atoms with Gasteiger partial charge in [0.25, 0.3) is 5.56 Å². The first kappa shape index (κ1) is 23.7. The van der Waals surface area contributed by atoms with Gasteiger partial charge in [-0.25, -0.2) is 4.79 Å². The fourth-order valence-electron chi connectivity index (χ4n) is 6.75. The first-order valence-corrected chi connectivity index (χ1v) is 13.8. The van der Waals surface area contributed by atoms with E-state index in [2.05, 4.69) is 34.5 Å². The lowest BCUT2D eigenvalue weighted by molar-refractivity contribution is 0.0342. The third-order valence-corrected chi connectivity index (χ3v) is 8.63. The van der Waals surface area contributed by atoms with E-state index < -0.39 is 0 Å². The number of piperidine rings is 1. The molecule has 2 amide bonds. The van der Waals surface area contributed by atoms with Crippen LogP contribution in [0.1, 0.15) is 55.7 Å². The van der Waals surface area contributed by atoms with E-state index in [4.69, 9.17) is 4.74 Å². The Bertz CT molecular complexity index is 1150. The van der Waals surface area contributed by atoms with Crippen LogP contribution in [-0.2, 0) is 17.8 Å². The van der Waals surface area contributed by atoms with Crippen molar-refractivity contribution in [1.29, 1.82) is 0 Å². The van der Waals surface area contributed by atoms with Gasteiger partial charge in [-0.15, -0.1) is 0 Å². The molecular formula is C29H38N4O3. The number of hydrogen-bond donors (Lipinski definition) is 1. The zero-order chi connectivity index (χ0) is 24.5. The fourth-order valence-corrected chi connectivity index (χ4v) is 6.75. The number of urea groups is 1. The number of nitrogens with zero attached hydrogens (tertiary/aromatic N) is 3. The van der Waals surface area contributed by atoms with Gasteiger partial charge < -0.3 is 19.5 Å². The lowest BCUT2D eigenvalue weighted by atomic mass is 9.82. The van der Waals surface area contributed by atoms with Crippen LogP contribution in [0.15, 0.2) is 41.2 Å². The molecule has 4 heterocycles. The van der Waals surface area contributed by atoms with Crippen LogP contribution in [0.4, 0.5) is 4.79 Å². The summed E-state index contributed by atoms with van der Waals surface area (Å²) in [4.78, 5) is 31.3. The van der Waals surface area contributed by atoms with Gasteiger partial charge in [0, 0.05) is 62.5 Å². The smallest absolute Gasteiger partial charge is 0.317 e. The number of rotatable bonds is 4. The van der Waals surface area contributed by atoms with Gasteiger partial charge in [0.1, 0.15) is 0 Å². The van der Waals surface area contributed by atoms with Gasteiger partial charge in [0.05, 0.1) is 13.2 Å². The van der Waals surface area contributed by atoms with E-state index >= 15 is 0 Å². The summed E-state index contributed by atoms with van der Waals surface area (Å²) in [5, 5.41) is 3.29. The highest BCUT2D eigenvalue weighted by Crippen LogP contribution is 2.36. The molecule has 1 aliphatic carbocycles. The second kappa shape index (κ2) is 10.4. The van der Waals surface area contributed by atoms with Crippen LogP contribution < -0.4 is 10.9 Å². The lowest BCUT2D eigenvalue weighted by Crippen LogP contribution is -2.53. The summed E-state index contributed by atoms with van der Waals surface area (Å²) in [6.07, 6.45) is 6.96. The molecule has 7 heteroatoms. The van der Waals surface area contributed by atoms with Crippen molar-refractivity contribution >= 4 is 6.03 Å². The molecule has 1 aromatic heterocycles. The molecule has 0 spiro atoms. The van der Waals surface area contributed by atoms with Crippen molar-refractivity contribution in [3.05, 3.63) is 58.0 Å². The zero-order valence-corrected chi connectivity index (χ0v) is 21.2. The van der Waals surface area contributed by atoms with Gasteiger partial charge >= 0.3 is 6.03 Å². The van der Waals surface area contributed by atoms with Gasteiger partial charge in [0.2, 0.25) is 0 Å². The maximum Gasteiger partial charge on any atom is 0.317 e. The normalized spacial score (nSPS) is 24.8. The van der Waals surface area contributed by atoms with E-state index in [0.29, 0.717) is 25.0 Å². The zero-order valence-electron chi connectivity index (χ0n) is 21.2. The monoisotopic (exact) mass is 490 g/mol. The van der Waals surface area contributed by atoms with Crippen molar-refractivity contribution in [1.82, 2.24) is 19.7 Å². The summed E-state index contributed by atoms with van der Waals surface area (Å²) in [5.41, 5.74) is 4.21.